The van der Waals surface area contributed by atoms with E-state index in [0.717, 1.165) is 19.4 Å². The molecule has 1 aliphatic rings. The van der Waals surface area contributed by atoms with E-state index in [1.165, 1.54) is 5.56 Å². The predicted octanol–water partition coefficient (Wildman–Crippen LogP) is 0.898. The summed E-state index contributed by atoms with van der Waals surface area (Å²) in [6.07, 6.45) is 1.88. The Morgan fingerprint density at radius 3 is 2.64 bits per heavy atom. The van der Waals surface area contributed by atoms with Crippen LogP contribution >= 0.6 is 0 Å². The Hall–Kier alpha value is -1.88. The maximum Gasteiger partial charge on any atom is 0.239 e. The van der Waals surface area contributed by atoms with Crippen molar-refractivity contribution in [3.63, 3.8) is 0 Å². The van der Waals surface area contributed by atoms with Crippen molar-refractivity contribution < 1.29 is 9.59 Å². The molecule has 1 atom stereocenters. The van der Waals surface area contributed by atoms with Crippen LogP contribution in [0.15, 0.2) is 30.3 Å². The minimum absolute atomic E-state index is 0.0153. The lowest BCUT2D eigenvalue weighted by Crippen LogP contribution is -2.58. The summed E-state index contributed by atoms with van der Waals surface area (Å²) < 4.78 is 0. The van der Waals surface area contributed by atoms with Crippen LogP contribution in [-0.4, -0.2) is 60.9 Å². The lowest BCUT2D eigenvalue weighted by Gasteiger charge is -2.38. The predicted molar refractivity (Wildman–Crippen MR) is 86.4 cm³/mol. The monoisotopic (exact) mass is 303 g/mol. The molecular weight excluding hydrogens is 278 g/mol. The fraction of sp³-hybridized carbons (Fsp3) is 0.529. The van der Waals surface area contributed by atoms with Crippen LogP contribution < -0.4 is 5.32 Å². The van der Waals surface area contributed by atoms with Gasteiger partial charge in [0.25, 0.3) is 0 Å². The van der Waals surface area contributed by atoms with Crippen LogP contribution in [0.5, 0.6) is 0 Å². The Kier molecular flexibility index (Phi) is 5.95. The van der Waals surface area contributed by atoms with Gasteiger partial charge in [-0.2, -0.15) is 0 Å². The number of hydrogen-bond donors (Lipinski definition) is 1. The third kappa shape index (κ3) is 4.56. The molecule has 22 heavy (non-hydrogen) atoms. The van der Waals surface area contributed by atoms with E-state index in [4.69, 9.17) is 0 Å². The summed E-state index contributed by atoms with van der Waals surface area (Å²) >= 11 is 0. The van der Waals surface area contributed by atoms with Crippen molar-refractivity contribution in [1.82, 2.24) is 15.1 Å². The molecule has 0 radical (unpaired) electrons. The van der Waals surface area contributed by atoms with Crippen LogP contribution in [-0.2, 0) is 16.0 Å². The van der Waals surface area contributed by atoms with Gasteiger partial charge in [-0.3, -0.25) is 14.5 Å². The topological polar surface area (TPSA) is 52.7 Å². The Balaban J connectivity index is 1.75. The Labute approximate surface area is 132 Å². The first-order valence-corrected chi connectivity index (χ1v) is 7.85. The first-order valence-electron chi connectivity index (χ1n) is 7.85. The number of aryl methyl sites for hydroxylation is 1. The lowest BCUT2D eigenvalue weighted by atomic mass is 10.1. The van der Waals surface area contributed by atoms with Crippen molar-refractivity contribution in [3.8, 4) is 0 Å². The highest BCUT2D eigenvalue weighted by atomic mass is 16.2. The normalized spacial score (nSPS) is 19.0. The molecule has 0 saturated carbocycles. The second-order valence-corrected chi connectivity index (χ2v) is 5.84. The number of rotatable bonds is 5. The van der Waals surface area contributed by atoms with E-state index in [1.54, 1.807) is 11.8 Å². The van der Waals surface area contributed by atoms with Gasteiger partial charge >= 0.3 is 0 Å². The Morgan fingerprint density at radius 1 is 1.23 bits per heavy atom. The van der Waals surface area contributed by atoms with Crippen LogP contribution in [0.3, 0.4) is 0 Å². The van der Waals surface area contributed by atoms with Gasteiger partial charge in [0.15, 0.2) is 0 Å². The van der Waals surface area contributed by atoms with Gasteiger partial charge in [-0.15, -0.1) is 0 Å². The molecule has 2 rings (SSSR count). The van der Waals surface area contributed by atoms with E-state index in [0.29, 0.717) is 19.6 Å². The highest BCUT2D eigenvalue weighted by Crippen LogP contribution is 2.08. The first-order chi connectivity index (χ1) is 10.6. The number of likely N-dealkylation sites (N-methyl/N-ethyl adjacent to an activating group) is 1. The zero-order valence-corrected chi connectivity index (χ0v) is 13.4. The van der Waals surface area contributed by atoms with Gasteiger partial charge < -0.3 is 10.2 Å². The van der Waals surface area contributed by atoms with Gasteiger partial charge in [0, 0.05) is 33.1 Å². The quantitative estimate of drug-likeness (QED) is 0.822. The number of benzene rings is 1. The molecule has 0 spiro atoms. The molecule has 0 unspecified atom stereocenters. The third-order valence-corrected chi connectivity index (χ3v) is 4.18. The van der Waals surface area contributed by atoms with Crippen molar-refractivity contribution in [1.29, 1.82) is 0 Å². The lowest BCUT2D eigenvalue weighted by molar-refractivity contribution is -0.135. The first kappa shape index (κ1) is 16.5. The van der Waals surface area contributed by atoms with Crippen molar-refractivity contribution in [2.75, 3.05) is 33.2 Å². The van der Waals surface area contributed by atoms with Gasteiger partial charge in [-0.25, -0.2) is 0 Å². The van der Waals surface area contributed by atoms with Crippen LogP contribution in [0.25, 0.3) is 0 Å². The molecule has 120 valence electrons. The van der Waals surface area contributed by atoms with Crippen molar-refractivity contribution in [2.45, 2.75) is 25.8 Å². The van der Waals surface area contributed by atoms with E-state index in [2.05, 4.69) is 17.4 Å². The van der Waals surface area contributed by atoms with Crippen molar-refractivity contribution in [3.05, 3.63) is 35.9 Å². The van der Waals surface area contributed by atoms with Crippen molar-refractivity contribution >= 4 is 11.8 Å². The molecule has 0 aliphatic carbocycles. The molecular formula is C17H25N3O2. The van der Waals surface area contributed by atoms with E-state index in [9.17, 15) is 9.59 Å². The van der Waals surface area contributed by atoms with Gasteiger partial charge in [-0.05, 0) is 25.5 Å². The second-order valence-electron chi connectivity index (χ2n) is 5.84. The molecule has 1 fully saturated rings. The van der Waals surface area contributed by atoms with Gasteiger partial charge in [-0.1, -0.05) is 30.3 Å². The molecule has 1 aromatic carbocycles. The average Bonchev–Trinajstić information content (AvgIpc) is 2.52. The number of hydrogen-bond acceptors (Lipinski definition) is 3. The highest BCUT2D eigenvalue weighted by molar-refractivity contribution is 5.83. The molecule has 1 aromatic rings. The largest absolute Gasteiger partial charge is 0.355 e. The summed E-state index contributed by atoms with van der Waals surface area (Å²) in [5, 5.41) is 2.99. The number of carbonyl (C=O) groups excluding carboxylic acids is 2. The average molecular weight is 303 g/mol. The smallest absolute Gasteiger partial charge is 0.239 e. The minimum Gasteiger partial charge on any atom is -0.355 e. The fourth-order valence-corrected chi connectivity index (χ4v) is 2.71. The zero-order chi connectivity index (χ0) is 15.9. The maximum atomic E-state index is 12.3. The van der Waals surface area contributed by atoms with Crippen LogP contribution in [0.4, 0.5) is 0 Å². The Bertz CT molecular complexity index is 504. The van der Waals surface area contributed by atoms with E-state index >= 15 is 0 Å². The van der Waals surface area contributed by atoms with E-state index in [-0.39, 0.29) is 17.9 Å². The van der Waals surface area contributed by atoms with Crippen LogP contribution in [0.1, 0.15) is 18.9 Å². The van der Waals surface area contributed by atoms with Crippen LogP contribution in [0.2, 0.25) is 0 Å². The number of carbonyl (C=O) groups is 2. The van der Waals surface area contributed by atoms with E-state index in [1.807, 2.05) is 30.1 Å². The number of piperazine rings is 1. The standard InChI is InChI=1S/C17H25N3O2/c1-14(21)20-12-11-19(2)16(13-20)17(22)18-10-6-9-15-7-4-3-5-8-15/h3-5,7-8,16H,6,9-13H2,1-2H3,(H,18,22)/t16-/m0/s1. The number of nitrogens with one attached hydrogen (secondary N) is 1. The van der Waals surface area contributed by atoms with Gasteiger partial charge in [0.2, 0.25) is 11.8 Å². The summed E-state index contributed by atoms with van der Waals surface area (Å²) in [4.78, 5) is 27.5. The SMILES string of the molecule is CC(=O)N1CCN(C)[C@H](C(=O)NCCCc2ccccc2)C1. The Morgan fingerprint density at radius 2 is 1.95 bits per heavy atom. The molecule has 5 nitrogen and oxygen atoms in total. The molecule has 0 aromatic heterocycles. The summed E-state index contributed by atoms with van der Waals surface area (Å²) in [6.45, 7) is 4.14. The van der Waals surface area contributed by atoms with Crippen molar-refractivity contribution in [2.24, 2.45) is 0 Å². The maximum absolute atomic E-state index is 12.3. The number of amides is 2. The van der Waals surface area contributed by atoms with Gasteiger partial charge in [0.1, 0.15) is 6.04 Å². The zero-order valence-electron chi connectivity index (χ0n) is 13.4. The van der Waals surface area contributed by atoms with E-state index < -0.39 is 0 Å². The molecule has 5 heteroatoms. The molecule has 1 N–H and O–H groups in total. The molecule has 1 heterocycles. The summed E-state index contributed by atoms with van der Waals surface area (Å²) in [5.41, 5.74) is 1.29. The van der Waals surface area contributed by atoms with Gasteiger partial charge in [0.05, 0.1) is 0 Å². The van der Waals surface area contributed by atoms with Crippen LogP contribution in [0, 0.1) is 0 Å². The molecule has 2 amide bonds. The fourth-order valence-electron chi connectivity index (χ4n) is 2.71. The third-order valence-electron chi connectivity index (χ3n) is 4.18. The molecule has 0 bridgehead atoms. The highest BCUT2D eigenvalue weighted by Gasteiger charge is 2.30. The second kappa shape index (κ2) is 7.94. The summed E-state index contributed by atoms with van der Waals surface area (Å²) in [5.74, 6) is 0.0523. The minimum atomic E-state index is -0.241. The summed E-state index contributed by atoms with van der Waals surface area (Å²) in [6, 6.07) is 10.0. The molecule has 1 saturated heterocycles. The molecule has 1 aliphatic heterocycles. The number of nitrogens with zero attached hydrogens (tertiary/aromatic N) is 2. The summed E-state index contributed by atoms with van der Waals surface area (Å²) in [7, 11) is 1.94.